The monoisotopic (exact) mass is 390 g/mol. The molecule has 1 aromatic heterocycles. The van der Waals surface area contributed by atoms with Crippen LogP contribution in [0.15, 0.2) is 47.1 Å². The lowest BCUT2D eigenvalue weighted by atomic mass is 10.1. The summed E-state index contributed by atoms with van der Waals surface area (Å²) < 4.78 is 6.64. The minimum absolute atomic E-state index is 0.209. The third kappa shape index (κ3) is 3.56. The van der Waals surface area contributed by atoms with Crippen LogP contribution in [0.2, 0.25) is 0 Å². The van der Waals surface area contributed by atoms with E-state index in [1.807, 2.05) is 12.1 Å². The summed E-state index contributed by atoms with van der Waals surface area (Å²) in [7, 11) is 0. The van der Waals surface area contributed by atoms with Gasteiger partial charge in [-0.2, -0.15) is 0 Å². The minimum atomic E-state index is -0.872. The number of hydrogen-bond acceptors (Lipinski definition) is 4. The Morgan fingerprint density at radius 1 is 1.25 bits per heavy atom. The van der Waals surface area contributed by atoms with Gasteiger partial charge in [0.15, 0.2) is 0 Å². The molecule has 0 bridgehead atoms. The first-order valence-electron chi connectivity index (χ1n) is 7.45. The predicted molar refractivity (Wildman–Crippen MR) is 90.1 cm³/mol. The third-order valence-electron chi connectivity index (χ3n) is 3.85. The lowest BCUT2D eigenvalue weighted by Gasteiger charge is -2.17. The van der Waals surface area contributed by atoms with Gasteiger partial charge in [-0.25, -0.2) is 4.98 Å². The van der Waals surface area contributed by atoms with Crippen molar-refractivity contribution in [3.8, 4) is 11.6 Å². The van der Waals surface area contributed by atoms with Crippen LogP contribution in [0.5, 0.6) is 11.6 Å². The molecule has 6 nitrogen and oxygen atoms in total. The first kappa shape index (κ1) is 16.4. The Labute approximate surface area is 147 Å². The van der Waals surface area contributed by atoms with Gasteiger partial charge in [0.25, 0.3) is 5.91 Å². The molecule has 1 saturated heterocycles. The molecule has 1 amide bonds. The van der Waals surface area contributed by atoms with Crippen LogP contribution in [0, 0.1) is 5.92 Å². The Hall–Kier alpha value is -2.41. The van der Waals surface area contributed by atoms with Crippen LogP contribution in [-0.4, -0.2) is 40.0 Å². The Morgan fingerprint density at radius 2 is 2.00 bits per heavy atom. The zero-order chi connectivity index (χ0) is 17.1. The number of rotatable bonds is 4. The zero-order valence-corrected chi connectivity index (χ0v) is 14.3. The molecule has 7 heteroatoms. The number of nitrogens with zero attached hydrogens (tertiary/aromatic N) is 2. The average Bonchev–Trinajstić information content (AvgIpc) is 3.07. The van der Waals surface area contributed by atoms with E-state index in [1.54, 1.807) is 30.5 Å². The minimum Gasteiger partial charge on any atom is -0.481 e. The normalized spacial score (nSPS) is 16.9. The summed E-state index contributed by atoms with van der Waals surface area (Å²) in [5.41, 5.74) is 0.325. The number of aliphatic carboxylic acids is 1. The number of carbonyl (C=O) groups excluding carboxylic acids is 1. The maximum Gasteiger partial charge on any atom is 0.308 e. The fourth-order valence-electron chi connectivity index (χ4n) is 2.57. The SMILES string of the molecule is O=C(O)[C@H]1CCN(C(=O)c2cccnc2Oc2ccc(Br)cc2)C1. The molecule has 2 aromatic rings. The molecule has 0 saturated carbocycles. The van der Waals surface area contributed by atoms with Crippen LogP contribution in [0.4, 0.5) is 0 Å². The van der Waals surface area contributed by atoms with Gasteiger partial charge in [0, 0.05) is 23.8 Å². The average molecular weight is 391 g/mol. The van der Waals surface area contributed by atoms with Crippen LogP contribution in [0.1, 0.15) is 16.8 Å². The van der Waals surface area contributed by atoms with E-state index in [9.17, 15) is 9.59 Å². The second kappa shape index (κ2) is 7.00. The van der Waals surface area contributed by atoms with Crippen molar-refractivity contribution in [2.45, 2.75) is 6.42 Å². The van der Waals surface area contributed by atoms with Crippen molar-refractivity contribution in [3.63, 3.8) is 0 Å². The number of benzene rings is 1. The van der Waals surface area contributed by atoms with Crippen LogP contribution in [0.3, 0.4) is 0 Å². The number of hydrogen-bond donors (Lipinski definition) is 1. The van der Waals surface area contributed by atoms with Gasteiger partial charge in [-0.05, 0) is 42.8 Å². The molecule has 1 N–H and O–H groups in total. The number of carboxylic acid groups (broad SMARTS) is 1. The van der Waals surface area contributed by atoms with E-state index in [1.165, 1.54) is 4.90 Å². The molecule has 3 rings (SSSR count). The molecular formula is C17H15BrN2O4. The van der Waals surface area contributed by atoms with Crippen molar-refractivity contribution >= 4 is 27.8 Å². The highest BCUT2D eigenvalue weighted by Crippen LogP contribution is 2.27. The number of ether oxygens (including phenoxy) is 1. The van der Waals surface area contributed by atoms with Crippen molar-refractivity contribution in [3.05, 3.63) is 52.6 Å². The summed E-state index contributed by atoms with van der Waals surface area (Å²) in [6, 6.07) is 10.5. The van der Waals surface area contributed by atoms with Crippen LogP contribution in [-0.2, 0) is 4.79 Å². The van der Waals surface area contributed by atoms with Gasteiger partial charge in [-0.1, -0.05) is 15.9 Å². The second-order valence-corrected chi connectivity index (χ2v) is 6.40. The van der Waals surface area contributed by atoms with Gasteiger partial charge in [0.05, 0.1) is 5.92 Å². The lowest BCUT2D eigenvalue weighted by Crippen LogP contribution is -2.30. The number of carbonyl (C=O) groups is 2. The predicted octanol–water partition coefficient (Wildman–Crippen LogP) is 3.18. The first-order chi connectivity index (χ1) is 11.5. The third-order valence-corrected chi connectivity index (χ3v) is 4.38. The standard InChI is InChI=1S/C17H15BrN2O4/c18-12-3-5-13(6-4-12)24-15-14(2-1-8-19-15)16(21)20-9-7-11(10-20)17(22)23/h1-6,8,11H,7,9-10H2,(H,22,23)/t11-/m0/s1. The number of amides is 1. The largest absolute Gasteiger partial charge is 0.481 e. The number of aromatic nitrogens is 1. The Morgan fingerprint density at radius 3 is 2.67 bits per heavy atom. The van der Waals surface area contributed by atoms with Crippen molar-refractivity contribution in [2.75, 3.05) is 13.1 Å². The topological polar surface area (TPSA) is 79.7 Å². The Bertz CT molecular complexity index is 763. The Kier molecular flexibility index (Phi) is 4.80. The molecule has 124 valence electrons. The molecule has 0 aliphatic carbocycles. The van der Waals surface area contributed by atoms with Gasteiger partial charge >= 0.3 is 5.97 Å². The number of carboxylic acids is 1. The van der Waals surface area contributed by atoms with Gasteiger partial charge in [0.2, 0.25) is 5.88 Å². The summed E-state index contributed by atoms with van der Waals surface area (Å²) in [5.74, 6) is -0.873. The van der Waals surface area contributed by atoms with Crippen LogP contribution >= 0.6 is 15.9 Å². The van der Waals surface area contributed by atoms with Gasteiger partial charge in [0.1, 0.15) is 11.3 Å². The van der Waals surface area contributed by atoms with E-state index in [4.69, 9.17) is 9.84 Å². The molecule has 1 aromatic carbocycles. The van der Waals surface area contributed by atoms with Crippen LogP contribution in [0.25, 0.3) is 0 Å². The fourth-order valence-corrected chi connectivity index (χ4v) is 2.83. The van der Waals surface area contributed by atoms with E-state index in [-0.39, 0.29) is 18.3 Å². The lowest BCUT2D eigenvalue weighted by molar-refractivity contribution is -0.141. The van der Waals surface area contributed by atoms with Crippen molar-refractivity contribution in [1.82, 2.24) is 9.88 Å². The summed E-state index contributed by atoms with van der Waals surface area (Å²) in [4.78, 5) is 29.4. The molecule has 2 heterocycles. The van der Waals surface area contributed by atoms with Gasteiger partial charge in [-0.3, -0.25) is 9.59 Å². The highest BCUT2D eigenvalue weighted by atomic mass is 79.9. The highest BCUT2D eigenvalue weighted by Gasteiger charge is 2.32. The highest BCUT2D eigenvalue weighted by molar-refractivity contribution is 9.10. The molecule has 0 unspecified atom stereocenters. The van der Waals surface area contributed by atoms with E-state index < -0.39 is 11.9 Å². The second-order valence-electron chi connectivity index (χ2n) is 5.49. The maximum atomic E-state index is 12.7. The zero-order valence-electron chi connectivity index (χ0n) is 12.7. The molecule has 1 fully saturated rings. The molecule has 1 atom stereocenters. The molecule has 24 heavy (non-hydrogen) atoms. The smallest absolute Gasteiger partial charge is 0.308 e. The van der Waals surface area contributed by atoms with E-state index in [0.29, 0.717) is 24.3 Å². The molecular weight excluding hydrogens is 376 g/mol. The number of pyridine rings is 1. The molecule has 1 aliphatic rings. The van der Waals surface area contributed by atoms with Gasteiger partial charge in [-0.15, -0.1) is 0 Å². The molecule has 0 radical (unpaired) electrons. The summed E-state index contributed by atoms with van der Waals surface area (Å²) in [6.45, 7) is 0.628. The number of likely N-dealkylation sites (tertiary alicyclic amines) is 1. The molecule has 0 spiro atoms. The summed E-state index contributed by atoms with van der Waals surface area (Å²) in [6.07, 6.45) is 2.01. The van der Waals surface area contributed by atoms with E-state index in [2.05, 4.69) is 20.9 Å². The summed E-state index contributed by atoms with van der Waals surface area (Å²) in [5, 5.41) is 9.08. The van der Waals surface area contributed by atoms with Gasteiger partial charge < -0.3 is 14.7 Å². The molecule has 1 aliphatic heterocycles. The van der Waals surface area contributed by atoms with E-state index in [0.717, 1.165) is 4.47 Å². The first-order valence-corrected chi connectivity index (χ1v) is 8.24. The van der Waals surface area contributed by atoms with E-state index >= 15 is 0 Å². The maximum absolute atomic E-state index is 12.7. The number of halogens is 1. The quantitative estimate of drug-likeness (QED) is 0.866. The van der Waals surface area contributed by atoms with Crippen molar-refractivity contribution in [2.24, 2.45) is 5.92 Å². The Balaban J connectivity index is 1.80. The fraction of sp³-hybridized carbons (Fsp3) is 0.235. The summed E-state index contributed by atoms with van der Waals surface area (Å²) >= 11 is 3.35. The van der Waals surface area contributed by atoms with Crippen molar-refractivity contribution in [1.29, 1.82) is 0 Å². The van der Waals surface area contributed by atoms with Crippen molar-refractivity contribution < 1.29 is 19.4 Å². The van der Waals surface area contributed by atoms with Crippen LogP contribution < -0.4 is 4.74 Å².